The van der Waals surface area contributed by atoms with Gasteiger partial charge in [-0.15, -0.1) is 0 Å². The van der Waals surface area contributed by atoms with E-state index < -0.39 is 17.7 Å². The zero-order valence-corrected chi connectivity index (χ0v) is 10.7. The van der Waals surface area contributed by atoms with E-state index >= 15 is 0 Å². The zero-order valence-electron chi connectivity index (χ0n) is 10.7. The number of hydrogen-bond donors (Lipinski definition) is 1. The van der Waals surface area contributed by atoms with Crippen LogP contribution in [0.1, 0.15) is 24.1 Å². The first-order valence-electron chi connectivity index (χ1n) is 5.95. The first-order valence-corrected chi connectivity index (χ1v) is 5.95. The number of halogens is 3. The minimum absolute atomic E-state index is 0.0523. The molecule has 0 aliphatic rings. The fraction of sp³-hybridized carbons (Fsp3) is 0.200. The summed E-state index contributed by atoms with van der Waals surface area (Å²) in [4.78, 5) is 0. The van der Waals surface area contributed by atoms with Crippen molar-refractivity contribution in [3.8, 4) is 0 Å². The summed E-state index contributed by atoms with van der Waals surface area (Å²) in [5, 5.41) is 2.89. The van der Waals surface area contributed by atoms with Gasteiger partial charge in [0.2, 0.25) is 0 Å². The van der Waals surface area contributed by atoms with Crippen LogP contribution >= 0.6 is 0 Å². The molecule has 0 fully saturated rings. The SMILES string of the molecule is Cc1ccc(NC(C)c2c(F)cccc2F)cc1F. The summed E-state index contributed by atoms with van der Waals surface area (Å²) in [5.41, 5.74) is 0.956. The number of hydrogen-bond acceptors (Lipinski definition) is 1. The molecule has 2 aromatic carbocycles. The predicted octanol–water partition coefficient (Wildman–Crippen LogP) is 4.59. The van der Waals surface area contributed by atoms with Gasteiger partial charge in [-0.25, -0.2) is 13.2 Å². The van der Waals surface area contributed by atoms with Crippen LogP contribution in [0.4, 0.5) is 18.9 Å². The van der Waals surface area contributed by atoms with Crippen LogP contribution in [0.25, 0.3) is 0 Å². The third-order valence-electron chi connectivity index (χ3n) is 2.99. The van der Waals surface area contributed by atoms with E-state index in [0.717, 1.165) is 0 Å². The van der Waals surface area contributed by atoms with E-state index in [9.17, 15) is 13.2 Å². The van der Waals surface area contributed by atoms with Crippen LogP contribution in [0.5, 0.6) is 0 Å². The maximum Gasteiger partial charge on any atom is 0.131 e. The Labute approximate surface area is 110 Å². The molecule has 4 heteroatoms. The van der Waals surface area contributed by atoms with Gasteiger partial charge in [0.25, 0.3) is 0 Å². The molecule has 1 nitrogen and oxygen atoms in total. The third kappa shape index (κ3) is 2.89. The van der Waals surface area contributed by atoms with E-state index in [2.05, 4.69) is 5.32 Å². The molecule has 0 aromatic heterocycles. The van der Waals surface area contributed by atoms with E-state index in [4.69, 9.17) is 0 Å². The van der Waals surface area contributed by atoms with Crippen molar-refractivity contribution >= 4 is 5.69 Å². The Morgan fingerprint density at radius 3 is 2.16 bits per heavy atom. The van der Waals surface area contributed by atoms with Crippen LogP contribution < -0.4 is 5.32 Å². The van der Waals surface area contributed by atoms with Gasteiger partial charge in [-0.3, -0.25) is 0 Å². The van der Waals surface area contributed by atoms with E-state index in [0.29, 0.717) is 11.3 Å². The standard InChI is InChI=1S/C15H14F3N/c1-9-6-7-11(8-14(9)18)19-10(2)15-12(16)4-3-5-13(15)17/h3-8,10,19H,1-2H3. The molecule has 0 saturated heterocycles. The molecular formula is C15H14F3N. The van der Waals surface area contributed by atoms with Crippen molar-refractivity contribution in [1.29, 1.82) is 0 Å². The van der Waals surface area contributed by atoms with Gasteiger partial charge in [0.15, 0.2) is 0 Å². The molecule has 1 unspecified atom stereocenters. The van der Waals surface area contributed by atoms with Gasteiger partial charge in [-0.1, -0.05) is 12.1 Å². The van der Waals surface area contributed by atoms with Crippen LogP contribution in [-0.4, -0.2) is 0 Å². The highest BCUT2D eigenvalue weighted by Gasteiger charge is 2.16. The summed E-state index contributed by atoms with van der Waals surface area (Å²) in [7, 11) is 0. The molecule has 0 heterocycles. The quantitative estimate of drug-likeness (QED) is 0.856. The Morgan fingerprint density at radius 2 is 1.58 bits per heavy atom. The van der Waals surface area contributed by atoms with Crippen molar-refractivity contribution in [3.63, 3.8) is 0 Å². The van der Waals surface area contributed by atoms with Gasteiger partial charge in [-0.2, -0.15) is 0 Å². The Balaban J connectivity index is 2.25. The molecule has 0 radical (unpaired) electrons. The molecule has 2 aromatic rings. The molecule has 19 heavy (non-hydrogen) atoms. The lowest BCUT2D eigenvalue weighted by molar-refractivity contribution is 0.544. The Hall–Kier alpha value is -1.97. The molecule has 0 aliphatic heterocycles. The normalized spacial score (nSPS) is 12.3. The number of nitrogens with one attached hydrogen (secondary N) is 1. The highest BCUT2D eigenvalue weighted by atomic mass is 19.1. The summed E-state index contributed by atoms with van der Waals surface area (Å²) in [6.45, 7) is 3.28. The average molecular weight is 265 g/mol. The summed E-state index contributed by atoms with van der Waals surface area (Å²) in [6.07, 6.45) is 0. The molecule has 0 spiro atoms. The number of aryl methyl sites for hydroxylation is 1. The van der Waals surface area contributed by atoms with E-state index in [1.54, 1.807) is 26.0 Å². The Morgan fingerprint density at radius 1 is 0.947 bits per heavy atom. The van der Waals surface area contributed by atoms with Gasteiger partial charge < -0.3 is 5.32 Å². The summed E-state index contributed by atoms with van der Waals surface area (Å²) < 4.78 is 40.6. The highest BCUT2D eigenvalue weighted by Crippen LogP contribution is 2.25. The summed E-state index contributed by atoms with van der Waals surface area (Å²) >= 11 is 0. The van der Waals surface area contributed by atoms with E-state index in [1.807, 2.05) is 0 Å². The lowest BCUT2D eigenvalue weighted by Gasteiger charge is -2.17. The second kappa shape index (κ2) is 5.34. The second-order valence-electron chi connectivity index (χ2n) is 4.47. The van der Waals surface area contributed by atoms with Crippen molar-refractivity contribution in [2.24, 2.45) is 0 Å². The predicted molar refractivity (Wildman–Crippen MR) is 69.5 cm³/mol. The maximum absolute atomic E-state index is 13.6. The Kier molecular flexibility index (Phi) is 3.79. The molecule has 0 saturated carbocycles. The lowest BCUT2D eigenvalue weighted by Crippen LogP contribution is -2.11. The highest BCUT2D eigenvalue weighted by molar-refractivity contribution is 5.47. The van der Waals surface area contributed by atoms with Gasteiger partial charge >= 0.3 is 0 Å². The van der Waals surface area contributed by atoms with Gasteiger partial charge in [-0.05, 0) is 43.7 Å². The monoisotopic (exact) mass is 265 g/mol. The first kappa shape index (κ1) is 13.5. The Bertz CT molecular complexity index is 576. The smallest absolute Gasteiger partial charge is 0.131 e. The van der Waals surface area contributed by atoms with E-state index in [-0.39, 0.29) is 11.4 Å². The van der Waals surface area contributed by atoms with Crippen LogP contribution in [0.15, 0.2) is 36.4 Å². The van der Waals surface area contributed by atoms with Crippen molar-refractivity contribution < 1.29 is 13.2 Å². The molecule has 1 atom stereocenters. The summed E-state index contributed by atoms with van der Waals surface area (Å²) in [6, 6.07) is 7.72. The number of benzene rings is 2. The van der Waals surface area contributed by atoms with Crippen LogP contribution in [0.2, 0.25) is 0 Å². The minimum Gasteiger partial charge on any atom is -0.378 e. The van der Waals surface area contributed by atoms with Crippen LogP contribution in [0.3, 0.4) is 0 Å². The first-order chi connectivity index (χ1) is 8.99. The topological polar surface area (TPSA) is 12.0 Å². The zero-order chi connectivity index (χ0) is 14.0. The van der Waals surface area contributed by atoms with Crippen molar-refractivity contribution in [2.45, 2.75) is 19.9 Å². The average Bonchev–Trinajstić information content (AvgIpc) is 2.33. The second-order valence-corrected chi connectivity index (χ2v) is 4.47. The van der Waals surface area contributed by atoms with Crippen molar-refractivity contribution in [2.75, 3.05) is 5.32 Å². The fourth-order valence-corrected chi connectivity index (χ4v) is 1.93. The lowest BCUT2D eigenvalue weighted by atomic mass is 10.1. The molecular weight excluding hydrogens is 251 g/mol. The van der Waals surface area contributed by atoms with Crippen molar-refractivity contribution in [1.82, 2.24) is 0 Å². The molecule has 2 rings (SSSR count). The molecule has 0 aliphatic carbocycles. The molecule has 100 valence electrons. The van der Waals surface area contributed by atoms with Crippen molar-refractivity contribution in [3.05, 3.63) is 65.0 Å². The minimum atomic E-state index is -0.618. The van der Waals surface area contributed by atoms with Gasteiger partial charge in [0.05, 0.1) is 6.04 Å². The third-order valence-corrected chi connectivity index (χ3v) is 2.99. The van der Waals surface area contributed by atoms with Gasteiger partial charge in [0.1, 0.15) is 17.5 Å². The molecule has 0 bridgehead atoms. The number of rotatable bonds is 3. The van der Waals surface area contributed by atoms with Crippen LogP contribution in [-0.2, 0) is 0 Å². The maximum atomic E-state index is 13.6. The summed E-state index contributed by atoms with van der Waals surface area (Å²) in [5.74, 6) is -1.59. The van der Waals surface area contributed by atoms with E-state index in [1.165, 1.54) is 24.3 Å². The molecule has 1 N–H and O–H groups in total. The molecule has 0 amide bonds. The largest absolute Gasteiger partial charge is 0.378 e. The van der Waals surface area contributed by atoms with Gasteiger partial charge in [0, 0.05) is 11.3 Å². The number of anilines is 1. The van der Waals surface area contributed by atoms with Crippen LogP contribution in [0, 0.1) is 24.4 Å². The fourth-order valence-electron chi connectivity index (χ4n) is 1.93.